The second-order valence-electron chi connectivity index (χ2n) is 14.0. The largest absolute Gasteiger partial charge is 0.486 e. The number of hydrogen-bond acceptors (Lipinski definition) is 2. The average Bonchev–Trinajstić information content (AvgIpc) is 3.35. The number of ether oxygens (including phenoxy) is 2. The van der Waals surface area contributed by atoms with Crippen LogP contribution in [0.15, 0.2) is 99.6 Å². The molecule has 0 aliphatic carbocycles. The zero-order valence-corrected chi connectivity index (χ0v) is 37.7. The van der Waals surface area contributed by atoms with Crippen molar-refractivity contribution in [2.24, 2.45) is 0 Å². The molecule has 7 aromatic carbocycles. The maximum Gasteiger partial charge on any atom is 0.208 e. The summed E-state index contributed by atoms with van der Waals surface area (Å²) < 4.78 is 249. The molecular weight excluding hydrogens is 1060 g/mol. The third-order valence-corrected chi connectivity index (χ3v) is 14.0. The molecule has 7 aromatic rings. The number of benzene rings is 7. The number of para-hydroxylation sites is 1. The van der Waals surface area contributed by atoms with E-state index in [0.717, 1.165) is 5.75 Å². The van der Waals surface area contributed by atoms with E-state index in [-0.39, 0.29) is 10.9 Å². The van der Waals surface area contributed by atoms with Crippen LogP contribution in [0.25, 0.3) is 0 Å². The molecule has 0 amide bonds. The third kappa shape index (κ3) is 9.19. The zero-order valence-electron chi connectivity index (χ0n) is 33.9. The van der Waals surface area contributed by atoms with Crippen LogP contribution in [0.5, 0.6) is 5.75 Å². The molecule has 0 heterocycles. The fourth-order valence-electron chi connectivity index (χ4n) is 7.35. The summed E-state index contributed by atoms with van der Waals surface area (Å²) in [5.74, 6) is -47.4. The zero-order chi connectivity index (χ0) is 51.0. The molecule has 0 aromatic heterocycles. The molecule has 362 valence electrons. The van der Waals surface area contributed by atoms with E-state index < -0.39 is 141 Å². The average molecular weight is 1080 g/mol. The van der Waals surface area contributed by atoms with Crippen LogP contribution < -0.4 is 26.6 Å². The second kappa shape index (κ2) is 21.4. The molecule has 7 rings (SSSR count). The summed E-state index contributed by atoms with van der Waals surface area (Å²) >= 11 is 22.3. The van der Waals surface area contributed by atoms with Crippen molar-refractivity contribution in [1.29, 1.82) is 0 Å². The Morgan fingerprint density at radius 2 is 0.638 bits per heavy atom. The van der Waals surface area contributed by atoms with Crippen LogP contribution in [0.2, 0.25) is 20.1 Å². The number of rotatable bonds is 11. The summed E-state index contributed by atoms with van der Waals surface area (Å²) in [6.45, 7) is 1.13. The van der Waals surface area contributed by atoms with E-state index >= 15 is 17.6 Å². The fourth-order valence-corrected chi connectivity index (χ4v) is 10.9. The maximum absolute atomic E-state index is 15.8. The maximum atomic E-state index is 15.8. The van der Waals surface area contributed by atoms with Crippen molar-refractivity contribution in [2.75, 3.05) is 20.3 Å². The van der Waals surface area contributed by atoms with Gasteiger partial charge in [0.05, 0.1) is 6.61 Å². The molecule has 0 fully saturated rings. The molecule has 0 N–H and O–H groups in total. The van der Waals surface area contributed by atoms with E-state index in [1.165, 1.54) is 14.7 Å². The van der Waals surface area contributed by atoms with Crippen LogP contribution >= 0.6 is 46.4 Å². The van der Waals surface area contributed by atoms with Gasteiger partial charge >= 0.3 is 0 Å². The van der Waals surface area contributed by atoms with E-state index in [0.29, 0.717) is 13.2 Å². The SMILES string of the molecule is COCCOc1ccccc1[S+](c1ccccc1)c1ccccc1.Fc1c(F)c(F)c([B-](c2c(F)c(F)c(F)c(F)c2Cl)(c2c(F)c(F)c(F)c(F)c2Cl)c2c(F)c(F)c(F)c(F)c2Cl)c(Cl)c1F. The van der Waals surface area contributed by atoms with Crippen molar-refractivity contribution in [1.82, 2.24) is 0 Å². The van der Waals surface area contributed by atoms with Gasteiger partial charge in [-0.3, -0.25) is 0 Å². The van der Waals surface area contributed by atoms with E-state index in [1.54, 1.807) is 7.11 Å². The van der Waals surface area contributed by atoms with Gasteiger partial charge in [-0.2, -0.15) is 0 Å². The van der Waals surface area contributed by atoms with E-state index in [2.05, 4.69) is 72.8 Å². The molecule has 2 nitrogen and oxygen atoms in total. The van der Waals surface area contributed by atoms with Crippen molar-refractivity contribution in [2.45, 2.75) is 14.7 Å². The van der Waals surface area contributed by atoms with Crippen molar-refractivity contribution in [3.63, 3.8) is 0 Å². The number of halogens is 20. The first-order chi connectivity index (χ1) is 32.6. The molecule has 0 atom stereocenters. The van der Waals surface area contributed by atoms with E-state index in [4.69, 9.17) is 55.9 Å². The predicted octanol–water partition coefficient (Wildman–Crippen LogP) is 12.7. The molecule has 0 aliphatic heterocycles. The van der Waals surface area contributed by atoms with Crippen molar-refractivity contribution in [3.05, 3.63) is 198 Å². The van der Waals surface area contributed by atoms with Gasteiger partial charge in [0.15, 0.2) is 85.3 Å². The van der Waals surface area contributed by atoms with Gasteiger partial charge in [0.2, 0.25) is 4.90 Å². The first-order valence-electron chi connectivity index (χ1n) is 18.9. The second-order valence-corrected chi connectivity index (χ2v) is 17.5. The summed E-state index contributed by atoms with van der Waals surface area (Å²) in [5.41, 5.74) is -10.7. The Hall–Kier alpha value is -5.25. The van der Waals surface area contributed by atoms with Crippen LogP contribution in [0.1, 0.15) is 0 Å². The molecule has 0 saturated carbocycles. The topological polar surface area (TPSA) is 18.5 Å². The molecule has 0 spiro atoms. The van der Waals surface area contributed by atoms with Crippen molar-refractivity contribution < 1.29 is 79.7 Å². The Morgan fingerprint density at radius 1 is 0.362 bits per heavy atom. The van der Waals surface area contributed by atoms with Gasteiger partial charge in [-0.15, -0.1) is 21.9 Å². The third-order valence-electron chi connectivity index (χ3n) is 10.3. The smallest absolute Gasteiger partial charge is 0.208 e. The lowest BCUT2D eigenvalue weighted by atomic mass is 9.12. The summed E-state index contributed by atoms with van der Waals surface area (Å²) in [6, 6.07) is 29.5. The van der Waals surface area contributed by atoms with Gasteiger partial charge in [0, 0.05) is 27.2 Å². The van der Waals surface area contributed by atoms with Crippen molar-refractivity contribution >= 4 is 85.3 Å². The molecule has 0 saturated heterocycles. The Morgan fingerprint density at radius 3 is 0.942 bits per heavy atom. The molecule has 0 unspecified atom stereocenters. The minimum atomic E-state index is -6.24. The Bertz CT molecular complexity index is 2680. The van der Waals surface area contributed by atoms with Gasteiger partial charge in [0.1, 0.15) is 46.9 Å². The van der Waals surface area contributed by atoms with Gasteiger partial charge in [-0.1, -0.05) is 94.9 Å². The number of hydrogen-bond donors (Lipinski definition) is 0. The minimum Gasteiger partial charge on any atom is -0.486 e. The van der Waals surface area contributed by atoms with Gasteiger partial charge in [-0.05, 0) is 36.4 Å². The molecule has 0 aliphatic rings. The van der Waals surface area contributed by atoms with Crippen LogP contribution in [0.4, 0.5) is 70.2 Å². The first-order valence-corrected chi connectivity index (χ1v) is 21.6. The minimum absolute atomic E-state index is 0.197. The monoisotopic (exact) mass is 1080 g/mol. The first kappa shape index (κ1) is 53.1. The highest BCUT2D eigenvalue weighted by atomic mass is 35.5. The lowest BCUT2D eigenvalue weighted by molar-refractivity contribution is 0.145. The molecular formula is C45H21BCl4F16O2S. The summed E-state index contributed by atoms with van der Waals surface area (Å²) in [7, 11) is 1.49. The molecule has 69 heavy (non-hydrogen) atoms. The standard InChI is InChI=1S/C24BCl4F16.C21H21O2S/c26-5-1(9(30)17(38)21(42)13(5)34)25(2-6(27)14(35)22(43)18(39)10(2)31,3-7(28)15(36)23(44)19(40)11(3)32)4-8(29)16(37)24(45)20(41)12(4)33;1-22-16-17-23-20-14-8-9-15-21(20)24(18-10-4-2-5-11-18)19-12-6-3-7-13-19/h;2-15H,16-17H2,1H3/q-1;+1. The van der Waals surface area contributed by atoms with Crippen LogP contribution in [0, 0.1) is 93.1 Å². The quantitative estimate of drug-likeness (QED) is 0.0321. The molecule has 0 bridgehead atoms. The van der Waals surface area contributed by atoms with E-state index in [1.807, 2.05) is 12.1 Å². The Labute approximate surface area is 402 Å². The highest BCUT2D eigenvalue weighted by Crippen LogP contribution is 2.38. The Balaban J connectivity index is 0.000000273. The van der Waals surface area contributed by atoms with Gasteiger partial charge in [0.25, 0.3) is 0 Å². The normalized spacial score (nSPS) is 11.6. The molecule has 0 radical (unpaired) electrons. The molecule has 24 heteroatoms. The lowest BCUT2D eigenvalue weighted by Crippen LogP contribution is -2.79. The summed E-state index contributed by atoms with van der Waals surface area (Å²) in [6.07, 6.45) is -6.24. The van der Waals surface area contributed by atoms with Crippen molar-refractivity contribution in [3.8, 4) is 5.75 Å². The summed E-state index contributed by atoms with van der Waals surface area (Å²) in [4.78, 5) is 3.77. The fraction of sp³-hybridized carbons (Fsp3) is 0.0667. The van der Waals surface area contributed by atoms with Gasteiger partial charge in [-0.25, -0.2) is 70.2 Å². The van der Waals surface area contributed by atoms with E-state index in [9.17, 15) is 52.7 Å². The van der Waals surface area contributed by atoms with Crippen LogP contribution in [-0.4, -0.2) is 26.5 Å². The van der Waals surface area contributed by atoms with Crippen LogP contribution in [0.3, 0.4) is 0 Å². The van der Waals surface area contributed by atoms with Gasteiger partial charge < -0.3 is 9.47 Å². The summed E-state index contributed by atoms with van der Waals surface area (Å²) in [5, 5.41) is -9.69. The highest BCUT2D eigenvalue weighted by molar-refractivity contribution is 7.97. The number of methoxy groups -OCH3 is 1. The predicted molar refractivity (Wildman–Crippen MR) is 228 cm³/mol. The highest BCUT2D eigenvalue weighted by Gasteiger charge is 2.51. The lowest BCUT2D eigenvalue weighted by Gasteiger charge is -2.46. The Kier molecular flexibility index (Phi) is 16.5. The van der Waals surface area contributed by atoms with Crippen LogP contribution in [-0.2, 0) is 15.6 Å².